The van der Waals surface area contributed by atoms with Crippen molar-refractivity contribution in [2.45, 2.75) is 13.8 Å². The number of halogens is 1. The molecule has 0 saturated heterocycles. The lowest BCUT2D eigenvalue weighted by molar-refractivity contribution is 0.512. The number of nitrogens with zero attached hydrogens (tertiary/aromatic N) is 2. The van der Waals surface area contributed by atoms with Crippen LogP contribution < -0.4 is 5.32 Å². The number of aryl methyl sites for hydroxylation is 2. The second kappa shape index (κ2) is 3.99. The molecule has 1 heterocycles. The van der Waals surface area contributed by atoms with Crippen molar-refractivity contribution in [2.24, 2.45) is 0 Å². The molecular formula is C8H12FN3. The normalized spacial score (nSPS) is 9.92. The van der Waals surface area contributed by atoms with Crippen molar-refractivity contribution in [1.29, 1.82) is 0 Å². The molecule has 0 aliphatic heterocycles. The van der Waals surface area contributed by atoms with Gasteiger partial charge in [-0.2, -0.15) is 0 Å². The first-order valence-corrected chi connectivity index (χ1v) is 3.84. The van der Waals surface area contributed by atoms with Gasteiger partial charge in [-0.25, -0.2) is 9.37 Å². The predicted molar refractivity (Wildman–Crippen MR) is 46.0 cm³/mol. The summed E-state index contributed by atoms with van der Waals surface area (Å²) in [5, 5.41) is 2.81. The standard InChI is InChI=1S/C8H12FN3/c1-6-7(2)12-8(5-11-6)10-4-3-9/h5H,3-4H2,1-2H3,(H,10,12). The molecule has 0 amide bonds. The third kappa shape index (κ3) is 2.15. The fourth-order valence-electron chi connectivity index (χ4n) is 0.802. The molecule has 3 nitrogen and oxygen atoms in total. The van der Waals surface area contributed by atoms with Crippen molar-refractivity contribution in [3.8, 4) is 0 Å². The van der Waals surface area contributed by atoms with Crippen LogP contribution in [0.1, 0.15) is 11.4 Å². The molecule has 0 bridgehead atoms. The van der Waals surface area contributed by atoms with Crippen molar-refractivity contribution < 1.29 is 4.39 Å². The molecule has 0 spiro atoms. The Morgan fingerprint density at radius 2 is 2.17 bits per heavy atom. The highest BCUT2D eigenvalue weighted by atomic mass is 19.1. The Labute approximate surface area is 71.0 Å². The first kappa shape index (κ1) is 8.90. The highest BCUT2D eigenvalue weighted by molar-refractivity contribution is 5.32. The number of hydrogen-bond donors (Lipinski definition) is 1. The van der Waals surface area contributed by atoms with Gasteiger partial charge in [0.2, 0.25) is 0 Å². The van der Waals surface area contributed by atoms with Gasteiger partial charge in [-0.05, 0) is 13.8 Å². The van der Waals surface area contributed by atoms with Crippen molar-refractivity contribution in [3.63, 3.8) is 0 Å². The predicted octanol–water partition coefficient (Wildman–Crippen LogP) is 1.47. The molecule has 1 N–H and O–H groups in total. The summed E-state index contributed by atoms with van der Waals surface area (Å²) < 4.78 is 11.7. The topological polar surface area (TPSA) is 37.8 Å². The Balaban J connectivity index is 2.69. The van der Waals surface area contributed by atoms with Gasteiger partial charge in [0.25, 0.3) is 0 Å². The van der Waals surface area contributed by atoms with E-state index in [4.69, 9.17) is 0 Å². The minimum atomic E-state index is -0.394. The minimum Gasteiger partial charge on any atom is -0.366 e. The maximum atomic E-state index is 11.7. The lowest BCUT2D eigenvalue weighted by Crippen LogP contribution is -2.06. The smallest absolute Gasteiger partial charge is 0.144 e. The molecule has 0 unspecified atom stereocenters. The van der Waals surface area contributed by atoms with Crippen LogP contribution in [0.15, 0.2) is 6.20 Å². The summed E-state index contributed by atoms with van der Waals surface area (Å²) in [6.07, 6.45) is 1.61. The Morgan fingerprint density at radius 1 is 1.42 bits per heavy atom. The molecule has 1 aromatic heterocycles. The third-order valence-corrected chi connectivity index (χ3v) is 1.59. The first-order chi connectivity index (χ1) is 5.74. The SMILES string of the molecule is Cc1ncc(NCCF)nc1C. The van der Waals surface area contributed by atoms with E-state index in [0.717, 1.165) is 11.4 Å². The van der Waals surface area contributed by atoms with Crippen LogP contribution in [0.2, 0.25) is 0 Å². The average Bonchev–Trinajstić information content (AvgIpc) is 2.07. The van der Waals surface area contributed by atoms with Crippen LogP contribution in [0, 0.1) is 13.8 Å². The van der Waals surface area contributed by atoms with E-state index in [9.17, 15) is 4.39 Å². The van der Waals surface area contributed by atoms with E-state index in [1.54, 1.807) is 6.20 Å². The Morgan fingerprint density at radius 3 is 2.75 bits per heavy atom. The molecule has 0 aliphatic carbocycles. The molecule has 66 valence electrons. The highest BCUT2D eigenvalue weighted by Crippen LogP contribution is 2.04. The van der Waals surface area contributed by atoms with Crippen molar-refractivity contribution in [3.05, 3.63) is 17.6 Å². The molecule has 1 aromatic rings. The largest absolute Gasteiger partial charge is 0.366 e. The third-order valence-electron chi connectivity index (χ3n) is 1.59. The zero-order valence-electron chi connectivity index (χ0n) is 7.26. The minimum absolute atomic E-state index is 0.289. The van der Waals surface area contributed by atoms with E-state index in [1.807, 2.05) is 13.8 Å². The maximum Gasteiger partial charge on any atom is 0.144 e. The van der Waals surface area contributed by atoms with Crippen molar-refractivity contribution >= 4 is 5.82 Å². The maximum absolute atomic E-state index is 11.7. The number of anilines is 1. The van der Waals surface area contributed by atoms with E-state index in [1.165, 1.54) is 0 Å². The lowest BCUT2D eigenvalue weighted by Gasteiger charge is -2.04. The van der Waals surface area contributed by atoms with E-state index in [2.05, 4.69) is 15.3 Å². The average molecular weight is 169 g/mol. The number of alkyl halides is 1. The molecule has 1 rings (SSSR count). The zero-order chi connectivity index (χ0) is 8.97. The summed E-state index contributed by atoms with van der Waals surface area (Å²) >= 11 is 0. The fourth-order valence-corrected chi connectivity index (χ4v) is 0.802. The molecule has 4 heteroatoms. The van der Waals surface area contributed by atoms with Gasteiger partial charge in [0.15, 0.2) is 0 Å². The molecule has 0 aliphatic rings. The highest BCUT2D eigenvalue weighted by Gasteiger charge is 1.97. The van der Waals surface area contributed by atoms with Crippen LogP contribution >= 0.6 is 0 Å². The first-order valence-electron chi connectivity index (χ1n) is 3.84. The second-order valence-electron chi connectivity index (χ2n) is 2.54. The van der Waals surface area contributed by atoms with Crippen LogP contribution in [0.4, 0.5) is 10.2 Å². The Hall–Kier alpha value is -1.19. The summed E-state index contributed by atoms with van der Waals surface area (Å²) in [4.78, 5) is 8.25. The summed E-state index contributed by atoms with van der Waals surface area (Å²) in [7, 11) is 0. The van der Waals surface area contributed by atoms with Crippen LogP contribution in [-0.4, -0.2) is 23.2 Å². The van der Waals surface area contributed by atoms with Gasteiger partial charge in [0.05, 0.1) is 17.6 Å². The van der Waals surface area contributed by atoms with Gasteiger partial charge in [-0.3, -0.25) is 4.98 Å². The number of aromatic nitrogens is 2. The monoisotopic (exact) mass is 169 g/mol. The summed E-state index contributed by atoms with van der Waals surface area (Å²) in [6.45, 7) is 3.66. The second-order valence-corrected chi connectivity index (χ2v) is 2.54. The van der Waals surface area contributed by atoms with E-state index in [0.29, 0.717) is 5.82 Å². The number of hydrogen-bond acceptors (Lipinski definition) is 3. The number of nitrogens with one attached hydrogen (secondary N) is 1. The quantitative estimate of drug-likeness (QED) is 0.744. The van der Waals surface area contributed by atoms with Gasteiger partial charge in [0, 0.05) is 6.54 Å². The van der Waals surface area contributed by atoms with Crippen molar-refractivity contribution in [1.82, 2.24) is 9.97 Å². The molecule has 12 heavy (non-hydrogen) atoms. The van der Waals surface area contributed by atoms with E-state index in [-0.39, 0.29) is 6.54 Å². The van der Waals surface area contributed by atoms with E-state index >= 15 is 0 Å². The lowest BCUT2D eigenvalue weighted by atomic mass is 10.3. The van der Waals surface area contributed by atoms with Gasteiger partial charge >= 0.3 is 0 Å². The zero-order valence-corrected chi connectivity index (χ0v) is 7.26. The summed E-state index contributed by atoms with van der Waals surface area (Å²) in [5.41, 5.74) is 1.78. The molecule has 0 radical (unpaired) electrons. The van der Waals surface area contributed by atoms with Gasteiger partial charge < -0.3 is 5.32 Å². The van der Waals surface area contributed by atoms with Gasteiger partial charge in [-0.1, -0.05) is 0 Å². The van der Waals surface area contributed by atoms with Crippen molar-refractivity contribution in [2.75, 3.05) is 18.5 Å². The Bertz CT molecular complexity index is 262. The molecule has 0 fully saturated rings. The van der Waals surface area contributed by atoms with Gasteiger partial charge in [0.1, 0.15) is 12.5 Å². The van der Waals surface area contributed by atoms with E-state index < -0.39 is 6.67 Å². The van der Waals surface area contributed by atoms with Crippen LogP contribution in [0.5, 0.6) is 0 Å². The summed E-state index contributed by atoms with van der Waals surface area (Å²) in [6, 6.07) is 0. The molecule has 0 atom stereocenters. The van der Waals surface area contributed by atoms with Gasteiger partial charge in [-0.15, -0.1) is 0 Å². The van der Waals surface area contributed by atoms with Crippen LogP contribution in [-0.2, 0) is 0 Å². The molecule has 0 aromatic carbocycles. The Kier molecular flexibility index (Phi) is 2.96. The fraction of sp³-hybridized carbons (Fsp3) is 0.500. The molecular weight excluding hydrogens is 157 g/mol. The van der Waals surface area contributed by atoms with Crippen LogP contribution in [0.3, 0.4) is 0 Å². The summed E-state index contributed by atoms with van der Waals surface area (Å²) in [5.74, 6) is 0.635. The number of rotatable bonds is 3. The molecule has 0 saturated carbocycles. The van der Waals surface area contributed by atoms with Crippen LogP contribution in [0.25, 0.3) is 0 Å².